The monoisotopic (exact) mass is 563 g/mol. The van der Waals surface area contributed by atoms with Crippen LogP contribution in [0.3, 0.4) is 0 Å². The molecule has 0 spiro atoms. The molecular formula is C31H41N5O5. The van der Waals surface area contributed by atoms with E-state index in [0.717, 1.165) is 22.0 Å². The molecule has 1 heterocycles. The van der Waals surface area contributed by atoms with Crippen LogP contribution in [0.4, 0.5) is 0 Å². The fraction of sp³-hybridized carbons (Fsp3) is 0.419. The Labute approximate surface area is 240 Å². The number of para-hydroxylation sites is 1. The first-order valence-electron chi connectivity index (χ1n) is 13.9. The predicted molar refractivity (Wildman–Crippen MR) is 158 cm³/mol. The van der Waals surface area contributed by atoms with E-state index < -0.39 is 47.9 Å². The summed E-state index contributed by atoms with van der Waals surface area (Å²) in [5, 5.41) is 18.6. The number of carboxylic acids is 1. The molecule has 3 rings (SSSR count). The van der Waals surface area contributed by atoms with E-state index in [2.05, 4.69) is 20.9 Å². The summed E-state index contributed by atoms with van der Waals surface area (Å²) in [5.74, 6) is -3.11. The van der Waals surface area contributed by atoms with Gasteiger partial charge in [0.2, 0.25) is 17.7 Å². The average Bonchev–Trinajstić information content (AvgIpc) is 3.33. The Balaban J connectivity index is 1.75. The zero-order valence-corrected chi connectivity index (χ0v) is 24.0. The van der Waals surface area contributed by atoms with Crippen molar-refractivity contribution in [2.75, 3.05) is 0 Å². The van der Waals surface area contributed by atoms with Crippen molar-refractivity contribution < 1.29 is 24.3 Å². The molecule has 4 unspecified atom stereocenters. The number of nitrogens with one attached hydrogen (secondary N) is 4. The van der Waals surface area contributed by atoms with E-state index in [1.165, 1.54) is 0 Å². The highest BCUT2D eigenvalue weighted by atomic mass is 16.4. The first-order valence-corrected chi connectivity index (χ1v) is 13.9. The van der Waals surface area contributed by atoms with Gasteiger partial charge in [0.05, 0.1) is 6.04 Å². The fourth-order valence-corrected chi connectivity index (χ4v) is 4.71. The summed E-state index contributed by atoms with van der Waals surface area (Å²) in [6.07, 6.45) is 2.56. The number of rotatable bonds is 14. The number of carbonyl (C=O) groups excluding carboxylic acids is 3. The van der Waals surface area contributed by atoms with Crippen molar-refractivity contribution in [2.45, 2.75) is 71.1 Å². The quantitative estimate of drug-likeness (QED) is 0.176. The molecule has 3 amide bonds. The van der Waals surface area contributed by atoms with Crippen LogP contribution >= 0.6 is 0 Å². The predicted octanol–water partition coefficient (Wildman–Crippen LogP) is 2.52. The van der Waals surface area contributed by atoms with Crippen LogP contribution in [0, 0.1) is 11.8 Å². The molecule has 41 heavy (non-hydrogen) atoms. The normalized spacial score (nSPS) is 14.3. The highest BCUT2D eigenvalue weighted by Gasteiger charge is 2.32. The van der Waals surface area contributed by atoms with Gasteiger partial charge in [-0.05, 0) is 41.9 Å². The molecule has 0 aliphatic rings. The van der Waals surface area contributed by atoms with E-state index in [9.17, 15) is 24.3 Å². The second kappa shape index (κ2) is 14.5. The Morgan fingerprint density at radius 3 is 2.05 bits per heavy atom. The Kier molecular flexibility index (Phi) is 11.0. The third-order valence-corrected chi connectivity index (χ3v) is 6.94. The van der Waals surface area contributed by atoms with Crippen LogP contribution in [0.5, 0.6) is 0 Å². The van der Waals surface area contributed by atoms with Crippen LogP contribution in [0.15, 0.2) is 60.8 Å². The smallest absolute Gasteiger partial charge is 0.326 e. The number of carbonyl (C=O) groups is 4. The molecule has 0 aliphatic carbocycles. The molecule has 0 saturated heterocycles. The van der Waals surface area contributed by atoms with Gasteiger partial charge in [-0.2, -0.15) is 0 Å². The van der Waals surface area contributed by atoms with Crippen LogP contribution in [0.25, 0.3) is 10.9 Å². The van der Waals surface area contributed by atoms with Gasteiger partial charge < -0.3 is 31.8 Å². The molecule has 0 bridgehead atoms. The Bertz CT molecular complexity index is 1340. The van der Waals surface area contributed by atoms with Gasteiger partial charge in [-0.1, -0.05) is 76.2 Å². The summed E-state index contributed by atoms with van der Waals surface area (Å²) in [6.45, 7) is 7.23. The van der Waals surface area contributed by atoms with Crippen molar-refractivity contribution >= 4 is 34.6 Å². The van der Waals surface area contributed by atoms with Crippen molar-refractivity contribution in [3.05, 3.63) is 71.9 Å². The first-order chi connectivity index (χ1) is 19.5. The molecule has 10 nitrogen and oxygen atoms in total. The van der Waals surface area contributed by atoms with Gasteiger partial charge in [-0.25, -0.2) is 4.79 Å². The van der Waals surface area contributed by atoms with Crippen LogP contribution in [0.2, 0.25) is 0 Å². The minimum atomic E-state index is -1.16. The number of H-pyrrole nitrogens is 1. The summed E-state index contributed by atoms with van der Waals surface area (Å²) in [5.41, 5.74) is 8.89. The lowest BCUT2D eigenvalue weighted by atomic mass is 9.99. The number of amides is 3. The first kappa shape index (κ1) is 31.3. The zero-order chi connectivity index (χ0) is 30.1. The average molecular weight is 564 g/mol. The molecule has 0 aliphatic heterocycles. The van der Waals surface area contributed by atoms with Crippen molar-refractivity contribution in [1.82, 2.24) is 20.9 Å². The van der Waals surface area contributed by atoms with E-state index in [1.807, 2.05) is 74.6 Å². The zero-order valence-electron chi connectivity index (χ0n) is 24.0. The van der Waals surface area contributed by atoms with Crippen LogP contribution in [-0.2, 0) is 32.0 Å². The van der Waals surface area contributed by atoms with E-state index in [1.54, 1.807) is 13.8 Å². The number of benzene rings is 2. The molecule has 0 radical (unpaired) electrons. The number of aliphatic carboxylic acids is 1. The number of nitrogens with two attached hydrogens (primary N) is 1. The molecule has 1 aromatic heterocycles. The summed E-state index contributed by atoms with van der Waals surface area (Å²) < 4.78 is 0. The third-order valence-electron chi connectivity index (χ3n) is 6.94. The lowest BCUT2D eigenvalue weighted by Crippen LogP contribution is -2.58. The second-order valence-electron chi connectivity index (χ2n) is 11.2. The maximum absolute atomic E-state index is 13.5. The number of fused-ring (bicyclic) bond motifs is 1. The summed E-state index contributed by atoms with van der Waals surface area (Å²) in [6, 6.07) is 12.8. The number of carboxylic acid groups (broad SMARTS) is 1. The summed E-state index contributed by atoms with van der Waals surface area (Å²) >= 11 is 0. The van der Waals surface area contributed by atoms with Crippen molar-refractivity contribution in [3.63, 3.8) is 0 Å². The maximum atomic E-state index is 13.5. The molecule has 3 aromatic rings. The highest BCUT2D eigenvalue weighted by molar-refractivity contribution is 5.94. The van der Waals surface area contributed by atoms with Gasteiger partial charge in [-0.3, -0.25) is 14.4 Å². The van der Waals surface area contributed by atoms with Gasteiger partial charge >= 0.3 is 5.97 Å². The minimum absolute atomic E-state index is 0.0506. The summed E-state index contributed by atoms with van der Waals surface area (Å²) in [4.78, 5) is 54.8. The second-order valence-corrected chi connectivity index (χ2v) is 11.2. The van der Waals surface area contributed by atoms with Gasteiger partial charge in [-0.15, -0.1) is 0 Å². The lowest BCUT2D eigenvalue weighted by Gasteiger charge is -2.27. The number of aromatic nitrogens is 1. The van der Waals surface area contributed by atoms with Crippen molar-refractivity contribution in [2.24, 2.45) is 17.6 Å². The van der Waals surface area contributed by atoms with Crippen molar-refractivity contribution in [1.29, 1.82) is 0 Å². The molecule has 7 N–H and O–H groups in total. The lowest BCUT2D eigenvalue weighted by molar-refractivity contribution is -0.143. The molecule has 0 fully saturated rings. The third kappa shape index (κ3) is 8.91. The van der Waals surface area contributed by atoms with Gasteiger partial charge in [0.1, 0.15) is 18.1 Å². The van der Waals surface area contributed by atoms with Crippen LogP contribution in [-0.4, -0.2) is 57.9 Å². The minimum Gasteiger partial charge on any atom is -0.480 e. The Hall–Kier alpha value is -4.18. The van der Waals surface area contributed by atoms with E-state index in [-0.39, 0.29) is 24.7 Å². The van der Waals surface area contributed by atoms with Crippen molar-refractivity contribution in [3.8, 4) is 0 Å². The van der Waals surface area contributed by atoms with Gasteiger partial charge in [0.25, 0.3) is 0 Å². The van der Waals surface area contributed by atoms with Crippen LogP contribution < -0.4 is 21.7 Å². The van der Waals surface area contributed by atoms with Gasteiger partial charge in [0.15, 0.2) is 0 Å². The molecule has 2 aromatic carbocycles. The summed E-state index contributed by atoms with van der Waals surface area (Å²) in [7, 11) is 0. The highest BCUT2D eigenvalue weighted by Crippen LogP contribution is 2.19. The number of aromatic amines is 1. The maximum Gasteiger partial charge on any atom is 0.326 e. The van der Waals surface area contributed by atoms with Gasteiger partial charge in [0, 0.05) is 23.5 Å². The standard InChI is InChI=1S/C31H41N5O5/c1-18(2)14-25(34-28(37)23(32)16-21-17-33-24-13-9-8-12-22(21)24)29(38)35-26(15-20-10-6-5-7-11-20)30(39)36-27(19(3)4)31(40)41/h5-13,17-19,23,25-27,33H,14-16,32H2,1-4H3,(H,34,37)(H,35,38)(H,36,39)(H,40,41). The largest absolute Gasteiger partial charge is 0.480 e. The Morgan fingerprint density at radius 2 is 1.41 bits per heavy atom. The molecular weight excluding hydrogens is 522 g/mol. The molecule has 10 heteroatoms. The SMILES string of the molecule is CC(C)CC(NC(=O)C(N)Cc1c[nH]c2ccccc12)C(=O)NC(Cc1ccccc1)C(=O)NC(C(=O)O)C(C)C. The molecule has 0 saturated carbocycles. The molecule has 220 valence electrons. The Morgan fingerprint density at radius 1 is 0.805 bits per heavy atom. The fourth-order valence-electron chi connectivity index (χ4n) is 4.71. The van der Waals surface area contributed by atoms with E-state index in [4.69, 9.17) is 5.73 Å². The number of hydrogen-bond donors (Lipinski definition) is 6. The molecule has 4 atom stereocenters. The number of hydrogen-bond acceptors (Lipinski definition) is 5. The van der Waals surface area contributed by atoms with E-state index in [0.29, 0.717) is 6.42 Å². The van der Waals surface area contributed by atoms with E-state index >= 15 is 0 Å². The van der Waals surface area contributed by atoms with Crippen LogP contribution in [0.1, 0.15) is 45.2 Å². The topological polar surface area (TPSA) is 166 Å².